The second-order valence-corrected chi connectivity index (χ2v) is 8.96. The molecule has 0 atom stereocenters. The molecule has 7 heteroatoms. The molecule has 2 fully saturated rings. The minimum atomic E-state index is 0.131. The fourth-order valence-electron chi connectivity index (χ4n) is 4.70. The second kappa shape index (κ2) is 9.25. The van der Waals surface area contributed by atoms with Crippen LogP contribution in [0.5, 0.6) is 0 Å². The minimum Gasteiger partial charge on any atom is -0.323 e. The Hall–Kier alpha value is -2.99. The molecule has 1 N–H and O–H groups in total. The van der Waals surface area contributed by atoms with Gasteiger partial charge < -0.3 is 10.2 Å². The minimum absolute atomic E-state index is 0.131. The number of carbonyl (C=O) groups is 1. The third-order valence-electron chi connectivity index (χ3n) is 6.35. The molecular formula is C25H26ClN5O. The van der Waals surface area contributed by atoms with E-state index in [0.29, 0.717) is 29.0 Å². The average Bonchev–Trinajstić information content (AvgIpc) is 3.27. The van der Waals surface area contributed by atoms with E-state index in [-0.39, 0.29) is 5.91 Å². The zero-order valence-electron chi connectivity index (χ0n) is 17.9. The summed E-state index contributed by atoms with van der Waals surface area (Å²) in [6.45, 7) is 0.725. The molecule has 1 saturated carbocycles. The van der Waals surface area contributed by atoms with Crippen LogP contribution < -0.4 is 10.2 Å². The molecule has 1 saturated heterocycles. The Balaban J connectivity index is 1.40. The molecule has 2 aromatic heterocycles. The van der Waals surface area contributed by atoms with Crippen LogP contribution in [0.15, 0.2) is 48.9 Å². The second-order valence-electron chi connectivity index (χ2n) is 8.56. The Bertz CT molecular complexity index is 1130. The Morgan fingerprint density at radius 2 is 1.91 bits per heavy atom. The SMILES string of the molecule is O=C1CCCN1c1cncc(Nc2ncc(Cl)c(-c3cccc(C4CCCCC4)c3)n2)c1. The molecular weight excluding hydrogens is 422 g/mol. The van der Waals surface area contributed by atoms with Gasteiger partial charge in [0.15, 0.2) is 0 Å². The van der Waals surface area contributed by atoms with Crippen LogP contribution in [-0.4, -0.2) is 27.4 Å². The van der Waals surface area contributed by atoms with Gasteiger partial charge in [-0.2, -0.15) is 0 Å². The lowest BCUT2D eigenvalue weighted by Gasteiger charge is -2.22. The molecule has 0 spiro atoms. The predicted octanol–water partition coefficient (Wildman–Crippen LogP) is 6.11. The molecule has 1 aromatic carbocycles. The predicted molar refractivity (Wildman–Crippen MR) is 127 cm³/mol. The monoisotopic (exact) mass is 447 g/mol. The number of pyridine rings is 1. The van der Waals surface area contributed by atoms with Gasteiger partial charge in [0.2, 0.25) is 11.9 Å². The van der Waals surface area contributed by atoms with Crippen molar-refractivity contribution in [1.29, 1.82) is 0 Å². The number of nitrogens with one attached hydrogen (secondary N) is 1. The van der Waals surface area contributed by atoms with Crippen LogP contribution in [-0.2, 0) is 4.79 Å². The Kier molecular flexibility index (Phi) is 6.04. The molecule has 5 rings (SSSR count). The standard InChI is InChI=1S/C25H26ClN5O/c26-22-16-28-25(29-20-13-21(15-27-14-20)31-11-5-10-23(31)32)30-24(22)19-9-4-8-18(12-19)17-6-2-1-3-7-17/h4,8-9,12-17H,1-3,5-7,10-11H2,(H,28,29,30). The lowest BCUT2D eigenvalue weighted by molar-refractivity contribution is -0.117. The number of anilines is 3. The number of hydrogen-bond acceptors (Lipinski definition) is 5. The largest absolute Gasteiger partial charge is 0.323 e. The number of benzene rings is 1. The maximum Gasteiger partial charge on any atom is 0.227 e. The lowest BCUT2D eigenvalue weighted by atomic mass is 9.83. The van der Waals surface area contributed by atoms with E-state index in [1.807, 2.05) is 12.1 Å². The number of amides is 1. The van der Waals surface area contributed by atoms with Gasteiger partial charge in [-0.25, -0.2) is 9.97 Å². The van der Waals surface area contributed by atoms with E-state index in [0.717, 1.165) is 29.9 Å². The van der Waals surface area contributed by atoms with Gasteiger partial charge in [0.25, 0.3) is 0 Å². The van der Waals surface area contributed by atoms with E-state index >= 15 is 0 Å². The van der Waals surface area contributed by atoms with Crippen molar-refractivity contribution < 1.29 is 4.79 Å². The van der Waals surface area contributed by atoms with Crippen molar-refractivity contribution in [2.75, 3.05) is 16.8 Å². The zero-order valence-corrected chi connectivity index (χ0v) is 18.7. The number of rotatable bonds is 5. The van der Waals surface area contributed by atoms with Crippen LogP contribution in [0.25, 0.3) is 11.3 Å². The van der Waals surface area contributed by atoms with Gasteiger partial charge in [0.05, 0.1) is 40.7 Å². The highest BCUT2D eigenvalue weighted by Crippen LogP contribution is 2.35. The summed E-state index contributed by atoms with van der Waals surface area (Å²) in [4.78, 5) is 27.2. The van der Waals surface area contributed by atoms with Crippen LogP contribution in [0.3, 0.4) is 0 Å². The van der Waals surface area contributed by atoms with E-state index in [2.05, 4.69) is 33.5 Å². The summed E-state index contributed by atoms with van der Waals surface area (Å²) in [6, 6.07) is 10.5. The number of aromatic nitrogens is 3. The summed E-state index contributed by atoms with van der Waals surface area (Å²) in [7, 11) is 0. The Labute approximate surface area is 193 Å². The zero-order chi connectivity index (χ0) is 21.9. The third-order valence-corrected chi connectivity index (χ3v) is 6.62. The Morgan fingerprint density at radius 1 is 1.03 bits per heavy atom. The quantitative estimate of drug-likeness (QED) is 0.510. The highest BCUT2D eigenvalue weighted by atomic mass is 35.5. The van der Waals surface area contributed by atoms with Crippen LogP contribution in [0, 0.1) is 0 Å². The van der Waals surface area contributed by atoms with Crippen molar-refractivity contribution >= 4 is 34.8 Å². The number of carbonyl (C=O) groups excluding carboxylic acids is 1. The third kappa shape index (κ3) is 4.46. The van der Waals surface area contributed by atoms with Gasteiger partial charge in [-0.3, -0.25) is 9.78 Å². The first-order valence-corrected chi connectivity index (χ1v) is 11.7. The molecule has 3 aromatic rings. The first-order valence-electron chi connectivity index (χ1n) is 11.3. The van der Waals surface area contributed by atoms with E-state index in [1.165, 1.54) is 37.7 Å². The highest BCUT2D eigenvalue weighted by molar-refractivity contribution is 6.32. The van der Waals surface area contributed by atoms with Crippen LogP contribution in [0.4, 0.5) is 17.3 Å². The maximum atomic E-state index is 12.1. The first kappa shape index (κ1) is 20.9. The Morgan fingerprint density at radius 3 is 2.72 bits per heavy atom. The topological polar surface area (TPSA) is 71.0 Å². The normalized spacial score (nSPS) is 17.0. The van der Waals surface area contributed by atoms with Crippen LogP contribution in [0.1, 0.15) is 56.4 Å². The fourth-order valence-corrected chi connectivity index (χ4v) is 4.90. The van der Waals surface area contributed by atoms with Crippen molar-refractivity contribution in [2.45, 2.75) is 50.9 Å². The fraction of sp³-hybridized carbons (Fsp3) is 0.360. The molecule has 2 aliphatic rings. The van der Waals surface area contributed by atoms with Crippen molar-refractivity contribution in [3.05, 3.63) is 59.5 Å². The highest BCUT2D eigenvalue weighted by Gasteiger charge is 2.22. The molecule has 32 heavy (non-hydrogen) atoms. The van der Waals surface area contributed by atoms with Gasteiger partial charge in [-0.05, 0) is 42.9 Å². The van der Waals surface area contributed by atoms with Crippen molar-refractivity contribution in [3.8, 4) is 11.3 Å². The number of halogens is 1. The van der Waals surface area contributed by atoms with Gasteiger partial charge >= 0.3 is 0 Å². The summed E-state index contributed by atoms with van der Waals surface area (Å²) in [5.41, 5.74) is 4.58. The van der Waals surface area contributed by atoms with Crippen molar-refractivity contribution in [2.24, 2.45) is 0 Å². The first-order chi connectivity index (χ1) is 15.7. The van der Waals surface area contributed by atoms with E-state index in [1.54, 1.807) is 23.5 Å². The molecule has 0 radical (unpaired) electrons. The van der Waals surface area contributed by atoms with Crippen molar-refractivity contribution in [3.63, 3.8) is 0 Å². The summed E-state index contributed by atoms with van der Waals surface area (Å²) in [5.74, 6) is 1.19. The smallest absolute Gasteiger partial charge is 0.227 e. The molecule has 0 bridgehead atoms. The molecule has 6 nitrogen and oxygen atoms in total. The average molecular weight is 448 g/mol. The lowest BCUT2D eigenvalue weighted by Crippen LogP contribution is -2.23. The van der Waals surface area contributed by atoms with Crippen LogP contribution in [0.2, 0.25) is 5.02 Å². The summed E-state index contributed by atoms with van der Waals surface area (Å²) in [5, 5.41) is 3.74. The maximum absolute atomic E-state index is 12.1. The molecule has 164 valence electrons. The molecule has 0 unspecified atom stereocenters. The molecule has 1 aliphatic carbocycles. The molecule has 3 heterocycles. The summed E-state index contributed by atoms with van der Waals surface area (Å²) in [6.07, 6.45) is 12.9. The van der Waals surface area contributed by atoms with Gasteiger partial charge in [-0.1, -0.05) is 49.1 Å². The summed E-state index contributed by atoms with van der Waals surface area (Å²) >= 11 is 6.49. The van der Waals surface area contributed by atoms with Gasteiger partial charge in [0, 0.05) is 18.5 Å². The van der Waals surface area contributed by atoms with Crippen molar-refractivity contribution in [1.82, 2.24) is 15.0 Å². The van der Waals surface area contributed by atoms with Gasteiger partial charge in [0.1, 0.15) is 0 Å². The number of nitrogens with zero attached hydrogens (tertiary/aromatic N) is 4. The van der Waals surface area contributed by atoms with Gasteiger partial charge in [-0.15, -0.1) is 0 Å². The summed E-state index contributed by atoms with van der Waals surface area (Å²) < 4.78 is 0. The van der Waals surface area contributed by atoms with Crippen LogP contribution >= 0.6 is 11.6 Å². The van der Waals surface area contributed by atoms with E-state index in [4.69, 9.17) is 16.6 Å². The van der Waals surface area contributed by atoms with E-state index in [9.17, 15) is 4.79 Å². The van der Waals surface area contributed by atoms with E-state index < -0.39 is 0 Å². The molecule has 1 amide bonds. The number of hydrogen-bond donors (Lipinski definition) is 1. The molecule has 1 aliphatic heterocycles.